The third-order valence-electron chi connectivity index (χ3n) is 3.26. The van der Waals surface area contributed by atoms with Gasteiger partial charge in [-0.2, -0.15) is 0 Å². The van der Waals surface area contributed by atoms with Crippen LogP contribution in [0.5, 0.6) is 0 Å². The molecule has 1 saturated heterocycles. The number of hydrogen-bond donors (Lipinski definition) is 1. The van der Waals surface area contributed by atoms with Gasteiger partial charge in [0.15, 0.2) is 0 Å². The van der Waals surface area contributed by atoms with Crippen molar-refractivity contribution in [2.24, 2.45) is 5.92 Å². The number of hydrogen-bond acceptors (Lipinski definition) is 5. The van der Waals surface area contributed by atoms with E-state index in [0.29, 0.717) is 37.5 Å². The topological polar surface area (TPSA) is 74.5 Å². The molecule has 1 aliphatic rings. The molecule has 0 spiro atoms. The van der Waals surface area contributed by atoms with Crippen LogP contribution in [0.25, 0.3) is 0 Å². The minimum absolute atomic E-state index is 0.0122. The van der Waals surface area contributed by atoms with E-state index in [0.717, 1.165) is 19.5 Å². The smallest absolute Gasteiger partial charge is 0.318 e. The summed E-state index contributed by atoms with van der Waals surface area (Å²) in [6, 6.07) is 0.571. The van der Waals surface area contributed by atoms with Gasteiger partial charge in [0.1, 0.15) is 0 Å². The van der Waals surface area contributed by atoms with Crippen molar-refractivity contribution in [2.75, 3.05) is 37.6 Å². The van der Waals surface area contributed by atoms with Gasteiger partial charge in [-0.15, -0.1) is 5.10 Å². The fourth-order valence-electron chi connectivity index (χ4n) is 2.02. The summed E-state index contributed by atoms with van der Waals surface area (Å²) in [7, 11) is 0. The summed E-state index contributed by atoms with van der Waals surface area (Å²) in [6.07, 6.45) is 0.741. The third kappa shape index (κ3) is 3.61. The van der Waals surface area contributed by atoms with Crippen molar-refractivity contribution in [2.45, 2.75) is 27.2 Å². The molecule has 0 atom stereocenters. The predicted molar refractivity (Wildman–Crippen MR) is 75.7 cm³/mol. The van der Waals surface area contributed by atoms with E-state index in [1.807, 2.05) is 16.7 Å². The van der Waals surface area contributed by atoms with Crippen molar-refractivity contribution in [1.82, 2.24) is 20.4 Å². The standard InChI is InChI=1S/C13H23N5O2/c1-4-11-15-16-13(20-11)18-7-5-17(6-8-18)12(19)14-9-10(2)3/h10H,4-9H2,1-3H3,(H,14,19). The Morgan fingerprint density at radius 3 is 2.55 bits per heavy atom. The van der Waals surface area contributed by atoms with Crippen LogP contribution in [0.1, 0.15) is 26.7 Å². The zero-order chi connectivity index (χ0) is 14.5. The van der Waals surface area contributed by atoms with Crippen LogP contribution >= 0.6 is 0 Å². The molecule has 2 heterocycles. The van der Waals surface area contributed by atoms with Crippen molar-refractivity contribution >= 4 is 12.0 Å². The number of anilines is 1. The van der Waals surface area contributed by atoms with Crippen molar-refractivity contribution in [3.05, 3.63) is 5.89 Å². The molecular weight excluding hydrogens is 258 g/mol. The fourth-order valence-corrected chi connectivity index (χ4v) is 2.02. The second-order valence-electron chi connectivity index (χ2n) is 5.39. The SMILES string of the molecule is CCc1nnc(N2CCN(C(=O)NCC(C)C)CC2)o1. The van der Waals surface area contributed by atoms with E-state index < -0.39 is 0 Å². The van der Waals surface area contributed by atoms with E-state index in [4.69, 9.17) is 4.42 Å². The molecule has 0 saturated carbocycles. The van der Waals surface area contributed by atoms with Gasteiger partial charge in [0, 0.05) is 39.1 Å². The number of rotatable bonds is 4. The lowest BCUT2D eigenvalue weighted by atomic mass is 10.2. The van der Waals surface area contributed by atoms with Gasteiger partial charge < -0.3 is 19.5 Å². The highest BCUT2D eigenvalue weighted by Crippen LogP contribution is 2.14. The molecule has 2 amide bonds. The van der Waals surface area contributed by atoms with Crippen LogP contribution in [0.2, 0.25) is 0 Å². The number of carbonyl (C=O) groups is 1. The first-order chi connectivity index (χ1) is 9.60. The molecule has 0 bridgehead atoms. The summed E-state index contributed by atoms with van der Waals surface area (Å²) in [5.74, 6) is 1.11. The summed E-state index contributed by atoms with van der Waals surface area (Å²) in [4.78, 5) is 15.8. The van der Waals surface area contributed by atoms with Gasteiger partial charge in [-0.3, -0.25) is 0 Å². The predicted octanol–water partition coefficient (Wildman–Crippen LogP) is 1.12. The van der Waals surface area contributed by atoms with Gasteiger partial charge in [-0.1, -0.05) is 25.9 Å². The second kappa shape index (κ2) is 6.58. The molecule has 0 radical (unpaired) electrons. The Morgan fingerprint density at radius 2 is 2.00 bits per heavy atom. The molecule has 0 aromatic carbocycles. The summed E-state index contributed by atoms with van der Waals surface area (Å²) in [5.41, 5.74) is 0. The van der Waals surface area contributed by atoms with Gasteiger partial charge in [0.05, 0.1) is 0 Å². The molecule has 7 nitrogen and oxygen atoms in total. The summed E-state index contributed by atoms with van der Waals surface area (Å²) >= 11 is 0. The number of aromatic nitrogens is 2. The number of nitrogens with one attached hydrogen (secondary N) is 1. The van der Waals surface area contributed by atoms with Crippen molar-refractivity contribution < 1.29 is 9.21 Å². The van der Waals surface area contributed by atoms with E-state index in [9.17, 15) is 4.79 Å². The molecule has 1 aliphatic heterocycles. The molecule has 1 fully saturated rings. The third-order valence-corrected chi connectivity index (χ3v) is 3.26. The number of urea groups is 1. The average molecular weight is 281 g/mol. The van der Waals surface area contributed by atoms with E-state index in [1.54, 1.807) is 0 Å². The van der Waals surface area contributed by atoms with Gasteiger partial charge in [-0.05, 0) is 5.92 Å². The normalized spacial score (nSPS) is 15.8. The monoisotopic (exact) mass is 281 g/mol. The minimum atomic E-state index is 0.0122. The maximum absolute atomic E-state index is 11.9. The Labute approximate surface area is 119 Å². The van der Waals surface area contributed by atoms with Crippen molar-refractivity contribution in [3.8, 4) is 0 Å². The van der Waals surface area contributed by atoms with E-state index in [2.05, 4.69) is 29.4 Å². The van der Waals surface area contributed by atoms with Crippen LogP contribution in [-0.4, -0.2) is 53.9 Å². The molecular formula is C13H23N5O2. The fraction of sp³-hybridized carbons (Fsp3) is 0.769. The Balaban J connectivity index is 1.81. The highest BCUT2D eigenvalue weighted by atomic mass is 16.4. The van der Waals surface area contributed by atoms with Crippen LogP contribution in [0.15, 0.2) is 4.42 Å². The number of aryl methyl sites for hydroxylation is 1. The van der Waals surface area contributed by atoms with Gasteiger partial charge in [-0.25, -0.2) is 4.79 Å². The molecule has 20 heavy (non-hydrogen) atoms. The highest BCUT2D eigenvalue weighted by Gasteiger charge is 2.23. The Hall–Kier alpha value is -1.79. The second-order valence-corrected chi connectivity index (χ2v) is 5.39. The molecule has 0 unspecified atom stereocenters. The minimum Gasteiger partial charge on any atom is -0.408 e. The lowest BCUT2D eigenvalue weighted by molar-refractivity contribution is 0.192. The van der Waals surface area contributed by atoms with Gasteiger partial charge in [0.2, 0.25) is 5.89 Å². The van der Waals surface area contributed by atoms with Gasteiger partial charge in [0.25, 0.3) is 0 Å². The van der Waals surface area contributed by atoms with E-state index in [1.165, 1.54) is 0 Å². The maximum atomic E-state index is 11.9. The van der Waals surface area contributed by atoms with Crippen LogP contribution in [-0.2, 0) is 6.42 Å². The zero-order valence-electron chi connectivity index (χ0n) is 12.4. The highest BCUT2D eigenvalue weighted by molar-refractivity contribution is 5.74. The maximum Gasteiger partial charge on any atom is 0.318 e. The summed E-state index contributed by atoms with van der Waals surface area (Å²) < 4.78 is 5.53. The Morgan fingerprint density at radius 1 is 1.30 bits per heavy atom. The van der Waals surface area contributed by atoms with Crippen LogP contribution < -0.4 is 10.2 Å². The van der Waals surface area contributed by atoms with E-state index in [-0.39, 0.29) is 6.03 Å². The lowest BCUT2D eigenvalue weighted by Crippen LogP contribution is -2.52. The zero-order valence-corrected chi connectivity index (χ0v) is 12.4. The summed E-state index contributed by atoms with van der Waals surface area (Å²) in [5, 5.41) is 10.9. The van der Waals surface area contributed by atoms with Crippen LogP contribution in [0, 0.1) is 5.92 Å². The number of amides is 2. The first-order valence-corrected chi connectivity index (χ1v) is 7.20. The van der Waals surface area contributed by atoms with Crippen molar-refractivity contribution in [3.63, 3.8) is 0 Å². The van der Waals surface area contributed by atoms with Crippen LogP contribution in [0.4, 0.5) is 10.8 Å². The molecule has 7 heteroatoms. The van der Waals surface area contributed by atoms with Crippen molar-refractivity contribution in [1.29, 1.82) is 0 Å². The first kappa shape index (κ1) is 14.6. The summed E-state index contributed by atoms with van der Waals surface area (Å²) in [6.45, 7) is 9.65. The van der Waals surface area contributed by atoms with Gasteiger partial charge >= 0.3 is 12.0 Å². The van der Waals surface area contributed by atoms with Crippen LogP contribution in [0.3, 0.4) is 0 Å². The number of carbonyl (C=O) groups excluding carboxylic acids is 1. The Bertz CT molecular complexity index is 438. The molecule has 1 aromatic heterocycles. The molecule has 2 rings (SSSR count). The van der Waals surface area contributed by atoms with E-state index >= 15 is 0 Å². The Kier molecular flexibility index (Phi) is 4.81. The molecule has 1 N–H and O–H groups in total. The first-order valence-electron chi connectivity index (χ1n) is 7.20. The molecule has 1 aromatic rings. The average Bonchev–Trinajstić information content (AvgIpc) is 2.94. The lowest BCUT2D eigenvalue weighted by Gasteiger charge is -2.33. The largest absolute Gasteiger partial charge is 0.408 e. The molecule has 112 valence electrons. The number of piperazine rings is 1. The quantitative estimate of drug-likeness (QED) is 0.895. The number of nitrogens with zero attached hydrogens (tertiary/aromatic N) is 4. The molecule has 0 aliphatic carbocycles.